The van der Waals surface area contributed by atoms with E-state index in [0.29, 0.717) is 11.4 Å². The molecule has 0 aliphatic carbocycles. The first kappa shape index (κ1) is 14.3. The average Bonchev–Trinajstić information content (AvgIpc) is 2.41. The molecule has 0 saturated heterocycles. The minimum Gasteiger partial charge on any atom is -0.495 e. The zero-order valence-electron chi connectivity index (χ0n) is 11.1. The second kappa shape index (κ2) is 5.50. The molecule has 0 heterocycles. The molecule has 2 aromatic rings. The second-order valence-corrected chi connectivity index (χ2v) is 5.95. The van der Waals surface area contributed by atoms with Gasteiger partial charge in [-0.1, -0.05) is 6.07 Å². The van der Waals surface area contributed by atoms with Crippen LogP contribution in [0.3, 0.4) is 0 Å². The van der Waals surface area contributed by atoms with Gasteiger partial charge in [0.25, 0.3) is 10.0 Å². The Hall–Kier alpha value is -2.08. The first-order chi connectivity index (χ1) is 9.42. The number of methoxy groups -OCH3 is 1. The number of aryl methyl sites for hydroxylation is 1. The summed E-state index contributed by atoms with van der Waals surface area (Å²) in [5.41, 5.74) is 1.29. The van der Waals surface area contributed by atoms with E-state index in [9.17, 15) is 12.8 Å². The molecule has 0 radical (unpaired) electrons. The standard InChI is InChI=1S/C14H14FNO3S/c1-10-3-8-13(14(9-10)19-2)16-20(17,18)12-6-4-11(15)5-7-12/h3-9,16H,1-2H3. The van der Waals surface area contributed by atoms with Crippen LogP contribution in [0, 0.1) is 12.7 Å². The van der Waals surface area contributed by atoms with Crippen LogP contribution in [0.4, 0.5) is 10.1 Å². The van der Waals surface area contributed by atoms with Gasteiger partial charge in [-0.05, 0) is 48.9 Å². The van der Waals surface area contributed by atoms with Gasteiger partial charge in [-0.25, -0.2) is 12.8 Å². The summed E-state index contributed by atoms with van der Waals surface area (Å²) in [7, 11) is -2.31. The Morgan fingerprint density at radius 1 is 1.10 bits per heavy atom. The van der Waals surface area contributed by atoms with Crippen molar-refractivity contribution >= 4 is 15.7 Å². The zero-order valence-corrected chi connectivity index (χ0v) is 11.9. The van der Waals surface area contributed by atoms with E-state index >= 15 is 0 Å². The summed E-state index contributed by atoms with van der Waals surface area (Å²) in [6.07, 6.45) is 0. The smallest absolute Gasteiger partial charge is 0.262 e. The lowest BCUT2D eigenvalue weighted by atomic mass is 10.2. The molecule has 0 aromatic heterocycles. The summed E-state index contributed by atoms with van der Waals surface area (Å²) in [4.78, 5) is -0.0125. The van der Waals surface area contributed by atoms with E-state index in [4.69, 9.17) is 4.74 Å². The van der Waals surface area contributed by atoms with Crippen LogP contribution in [0.2, 0.25) is 0 Å². The molecule has 0 aliphatic heterocycles. The van der Waals surface area contributed by atoms with E-state index < -0.39 is 15.8 Å². The predicted octanol–water partition coefficient (Wildman–Crippen LogP) is 2.94. The maximum atomic E-state index is 12.8. The Labute approximate surface area is 117 Å². The van der Waals surface area contributed by atoms with Crippen molar-refractivity contribution in [1.29, 1.82) is 0 Å². The van der Waals surface area contributed by atoms with E-state index in [1.54, 1.807) is 18.2 Å². The van der Waals surface area contributed by atoms with Gasteiger partial charge in [0.1, 0.15) is 11.6 Å². The fraction of sp³-hybridized carbons (Fsp3) is 0.143. The third-order valence-corrected chi connectivity index (χ3v) is 4.11. The molecule has 0 unspecified atom stereocenters. The van der Waals surface area contributed by atoms with Crippen LogP contribution < -0.4 is 9.46 Å². The van der Waals surface area contributed by atoms with Gasteiger partial charge in [0.2, 0.25) is 0 Å². The van der Waals surface area contributed by atoms with Gasteiger partial charge in [-0.3, -0.25) is 4.72 Å². The van der Waals surface area contributed by atoms with Crippen molar-refractivity contribution < 1.29 is 17.5 Å². The Balaban J connectivity index is 2.35. The molecule has 0 aliphatic rings. The summed E-state index contributed by atoms with van der Waals surface area (Å²) in [6, 6.07) is 9.72. The molecule has 20 heavy (non-hydrogen) atoms. The number of benzene rings is 2. The third-order valence-electron chi connectivity index (χ3n) is 2.73. The minimum atomic E-state index is -3.77. The summed E-state index contributed by atoms with van der Waals surface area (Å²) < 4.78 is 44.7. The van der Waals surface area contributed by atoms with Crippen molar-refractivity contribution in [2.45, 2.75) is 11.8 Å². The molecule has 2 rings (SSSR count). The Bertz CT molecular complexity index is 712. The molecule has 1 N–H and O–H groups in total. The molecule has 0 spiro atoms. The van der Waals surface area contributed by atoms with Gasteiger partial charge >= 0.3 is 0 Å². The number of halogens is 1. The molecule has 0 saturated carbocycles. The van der Waals surface area contributed by atoms with Crippen molar-refractivity contribution in [2.24, 2.45) is 0 Å². The highest BCUT2D eigenvalue weighted by Gasteiger charge is 2.16. The maximum absolute atomic E-state index is 12.8. The Kier molecular flexibility index (Phi) is 3.94. The van der Waals surface area contributed by atoms with Gasteiger partial charge in [0.05, 0.1) is 17.7 Å². The van der Waals surface area contributed by atoms with Gasteiger partial charge in [-0.2, -0.15) is 0 Å². The molecule has 0 amide bonds. The number of hydrogen-bond donors (Lipinski definition) is 1. The van der Waals surface area contributed by atoms with Crippen molar-refractivity contribution in [3.05, 3.63) is 53.8 Å². The van der Waals surface area contributed by atoms with E-state index in [1.807, 2.05) is 6.92 Å². The number of rotatable bonds is 4. The highest BCUT2D eigenvalue weighted by atomic mass is 32.2. The largest absolute Gasteiger partial charge is 0.495 e. The highest BCUT2D eigenvalue weighted by Crippen LogP contribution is 2.27. The summed E-state index contributed by atoms with van der Waals surface area (Å²) in [5.74, 6) is -0.0625. The van der Waals surface area contributed by atoms with E-state index in [2.05, 4.69) is 4.72 Å². The van der Waals surface area contributed by atoms with Gasteiger partial charge < -0.3 is 4.74 Å². The van der Waals surface area contributed by atoms with E-state index in [1.165, 1.54) is 19.2 Å². The van der Waals surface area contributed by atoms with Crippen LogP contribution in [0.5, 0.6) is 5.75 Å². The van der Waals surface area contributed by atoms with Crippen molar-refractivity contribution in [1.82, 2.24) is 0 Å². The van der Waals surface area contributed by atoms with E-state index in [-0.39, 0.29) is 4.90 Å². The van der Waals surface area contributed by atoms with E-state index in [0.717, 1.165) is 17.7 Å². The Morgan fingerprint density at radius 2 is 1.75 bits per heavy atom. The number of nitrogens with one attached hydrogen (secondary N) is 1. The first-order valence-electron chi connectivity index (χ1n) is 5.85. The number of sulfonamides is 1. The molecule has 4 nitrogen and oxygen atoms in total. The third kappa shape index (κ3) is 3.08. The first-order valence-corrected chi connectivity index (χ1v) is 7.34. The van der Waals surface area contributed by atoms with Gasteiger partial charge in [-0.15, -0.1) is 0 Å². The quantitative estimate of drug-likeness (QED) is 0.943. The summed E-state index contributed by atoms with van der Waals surface area (Å²) in [5, 5.41) is 0. The molecule has 0 fully saturated rings. The predicted molar refractivity (Wildman–Crippen MR) is 74.9 cm³/mol. The maximum Gasteiger partial charge on any atom is 0.262 e. The molecular weight excluding hydrogens is 281 g/mol. The summed E-state index contributed by atoms with van der Waals surface area (Å²) >= 11 is 0. The van der Waals surface area contributed by atoms with Crippen molar-refractivity contribution in [3.8, 4) is 5.75 Å². The highest BCUT2D eigenvalue weighted by molar-refractivity contribution is 7.92. The minimum absolute atomic E-state index is 0.0125. The summed E-state index contributed by atoms with van der Waals surface area (Å²) in [6.45, 7) is 1.88. The lowest BCUT2D eigenvalue weighted by Gasteiger charge is -2.12. The van der Waals surface area contributed by atoms with Crippen LogP contribution in [0.1, 0.15) is 5.56 Å². The molecule has 0 bridgehead atoms. The number of anilines is 1. The number of hydrogen-bond acceptors (Lipinski definition) is 3. The second-order valence-electron chi connectivity index (χ2n) is 4.26. The molecule has 2 aromatic carbocycles. The molecule has 0 atom stereocenters. The topological polar surface area (TPSA) is 55.4 Å². The lowest BCUT2D eigenvalue weighted by molar-refractivity contribution is 0.416. The van der Waals surface area contributed by atoms with Crippen LogP contribution in [-0.4, -0.2) is 15.5 Å². The molecule has 106 valence electrons. The van der Waals surface area contributed by atoms with Crippen molar-refractivity contribution in [3.63, 3.8) is 0 Å². The lowest BCUT2D eigenvalue weighted by Crippen LogP contribution is -2.13. The van der Waals surface area contributed by atoms with Crippen LogP contribution in [-0.2, 0) is 10.0 Å². The zero-order chi connectivity index (χ0) is 14.8. The van der Waals surface area contributed by atoms with Gasteiger partial charge in [0, 0.05) is 0 Å². The average molecular weight is 295 g/mol. The molecule has 6 heteroatoms. The monoisotopic (exact) mass is 295 g/mol. The molecular formula is C14H14FNO3S. The van der Waals surface area contributed by atoms with Gasteiger partial charge in [0.15, 0.2) is 0 Å². The van der Waals surface area contributed by atoms with Crippen LogP contribution in [0.15, 0.2) is 47.4 Å². The van der Waals surface area contributed by atoms with Crippen molar-refractivity contribution in [2.75, 3.05) is 11.8 Å². The SMILES string of the molecule is COc1cc(C)ccc1NS(=O)(=O)c1ccc(F)cc1. The fourth-order valence-corrected chi connectivity index (χ4v) is 2.77. The number of ether oxygens (including phenoxy) is 1. The Morgan fingerprint density at radius 3 is 2.35 bits per heavy atom. The van der Waals surface area contributed by atoms with Crippen LogP contribution in [0.25, 0.3) is 0 Å². The van der Waals surface area contributed by atoms with Crippen LogP contribution >= 0.6 is 0 Å². The normalized spacial score (nSPS) is 11.2. The fourth-order valence-electron chi connectivity index (χ4n) is 1.70.